The molecular weight excluding hydrogens is 227 g/mol. The summed E-state index contributed by atoms with van der Waals surface area (Å²) in [6.45, 7) is 1.57. The highest BCUT2D eigenvalue weighted by Crippen LogP contribution is 2.01. The van der Waals surface area contributed by atoms with Crippen LogP contribution in [0.5, 0.6) is 0 Å². The van der Waals surface area contributed by atoms with Gasteiger partial charge in [-0.3, -0.25) is 4.79 Å². The lowest BCUT2D eigenvalue weighted by Gasteiger charge is -2.10. The predicted octanol–water partition coefficient (Wildman–Crippen LogP) is 1.10. The van der Waals surface area contributed by atoms with E-state index in [2.05, 4.69) is 10.6 Å². The molecule has 0 aliphatic heterocycles. The fraction of sp³-hybridized carbons (Fsp3) is 0.273. The van der Waals surface area contributed by atoms with E-state index >= 15 is 0 Å². The molecule has 0 spiro atoms. The molecule has 1 aromatic rings. The molecule has 0 unspecified atom stereocenters. The average molecular weight is 240 g/mol. The van der Waals surface area contributed by atoms with Crippen LogP contribution in [0.2, 0.25) is 0 Å². The van der Waals surface area contributed by atoms with Gasteiger partial charge in [0.2, 0.25) is 0 Å². The molecule has 0 saturated carbocycles. The van der Waals surface area contributed by atoms with E-state index in [-0.39, 0.29) is 12.4 Å². The van der Waals surface area contributed by atoms with Crippen LogP contribution in [0, 0.1) is 5.82 Å². The molecule has 17 heavy (non-hydrogen) atoms. The van der Waals surface area contributed by atoms with Gasteiger partial charge >= 0.3 is 12.0 Å². The summed E-state index contributed by atoms with van der Waals surface area (Å²) < 4.78 is 12.6. The van der Waals surface area contributed by atoms with Crippen molar-refractivity contribution >= 4 is 12.0 Å². The zero-order valence-electron chi connectivity index (χ0n) is 9.24. The second-order valence-electron chi connectivity index (χ2n) is 3.51. The number of hydrogen-bond donors (Lipinski definition) is 3. The summed E-state index contributed by atoms with van der Waals surface area (Å²) in [7, 11) is 0. The molecule has 1 atom stereocenters. The van der Waals surface area contributed by atoms with Crippen molar-refractivity contribution in [2.24, 2.45) is 0 Å². The maximum atomic E-state index is 12.6. The summed E-state index contributed by atoms with van der Waals surface area (Å²) in [5, 5.41) is 13.3. The fourth-order valence-corrected chi connectivity index (χ4v) is 1.09. The second-order valence-corrected chi connectivity index (χ2v) is 3.51. The maximum Gasteiger partial charge on any atom is 0.325 e. The molecule has 0 saturated heterocycles. The summed E-state index contributed by atoms with van der Waals surface area (Å²) >= 11 is 0. The molecule has 0 heterocycles. The van der Waals surface area contributed by atoms with Crippen LogP contribution in [0.3, 0.4) is 0 Å². The fourth-order valence-electron chi connectivity index (χ4n) is 1.09. The van der Waals surface area contributed by atoms with Gasteiger partial charge in [-0.2, -0.15) is 0 Å². The maximum absolute atomic E-state index is 12.6. The van der Waals surface area contributed by atoms with Gasteiger partial charge in [0.25, 0.3) is 0 Å². The molecule has 0 fully saturated rings. The summed E-state index contributed by atoms with van der Waals surface area (Å²) in [4.78, 5) is 21.7. The number of carbonyl (C=O) groups is 2. The highest BCUT2D eigenvalue weighted by Gasteiger charge is 2.12. The van der Waals surface area contributed by atoms with E-state index in [1.54, 1.807) is 0 Å². The van der Waals surface area contributed by atoms with Crippen LogP contribution in [0.4, 0.5) is 9.18 Å². The normalized spacial score (nSPS) is 11.6. The molecule has 6 heteroatoms. The molecule has 0 radical (unpaired) electrons. The minimum absolute atomic E-state index is 0.207. The zero-order valence-corrected chi connectivity index (χ0v) is 9.24. The molecule has 5 nitrogen and oxygen atoms in total. The first kappa shape index (κ1) is 13.0. The van der Waals surface area contributed by atoms with Crippen LogP contribution >= 0.6 is 0 Å². The van der Waals surface area contributed by atoms with E-state index in [1.807, 2.05) is 0 Å². The number of aliphatic carboxylic acids is 1. The number of amides is 2. The molecule has 3 N–H and O–H groups in total. The Balaban J connectivity index is 2.38. The molecule has 1 rings (SSSR count). The van der Waals surface area contributed by atoms with E-state index in [0.29, 0.717) is 0 Å². The van der Waals surface area contributed by atoms with Gasteiger partial charge in [-0.15, -0.1) is 0 Å². The van der Waals surface area contributed by atoms with Crippen LogP contribution in [0.15, 0.2) is 24.3 Å². The number of hydrogen-bond acceptors (Lipinski definition) is 2. The summed E-state index contributed by atoms with van der Waals surface area (Å²) in [6.07, 6.45) is 0. The lowest BCUT2D eigenvalue weighted by molar-refractivity contribution is -0.138. The molecule has 0 bridgehead atoms. The van der Waals surface area contributed by atoms with Gasteiger partial charge < -0.3 is 15.7 Å². The Kier molecular flexibility index (Phi) is 4.45. The zero-order chi connectivity index (χ0) is 12.8. The van der Waals surface area contributed by atoms with Crippen molar-refractivity contribution in [3.63, 3.8) is 0 Å². The van der Waals surface area contributed by atoms with Crippen molar-refractivity contribution in [3.8, 4) is 0 Å². The third kappa shape index (κ3) is 4.50. The molecule has 0 aromatic heterocycles. The van der Waals surface area contributed by atoms with Gasteiger partial charge in [0.1, 0.15) is 11.9 Å². The number of benzene rings is 1. The van der Waals surface area contributed by atoms with Gasteiger partial charge in [-0.05, 0) is 24.6 Å². The Morgan fingerprint density at radius 1 is 1.35 bits per heavy atom. The second kappa shape index (κ2) is 5.83. The first-order valence-electron chi connectivity index (χ1n) is 5.00. The molecular formula is C11H13FN2O3. The lowest BCUT2D eigenvalue weighted by atomic mass is 10.2. The quantitative estimate of drug-likeness (QED) is 0.737. The van der Waals surface area contributed by atoms with Crippen LogP contribution in [-0.2, 0) is 11.3 Å². The van der Waals surface area contributed by atoms with Gasteiger partial charge in [0.05, 0.1) is 0 Å². The van der Waals surface area contributed by atoms with Gasteiger partial charge in [0.15, 0.2) is 0 Å². The Morgan fingerprint density at radius 2 is 1.94 bits per heavy atom. The number of halogens is 1. The number of urea groups is 1. The molecule has 92 valence electrons. The van der Waals surface area contributed by atoms with Crippen molar-refractivity contribution < 1.29 is 19.1 Å². The van der Waals surface area contributed by atoms with Crippen molar-refractivity contribution in [3.05, 3.63) is 35.6 Å². The lowest BCUT2D eigenvalue weighted by Crippen LogP contribution is -2.44. The van der Waals surface area contributed by atoms with Crippen molar-refractivity contribution in [1.29, 1.82) is 0 Å². The molecule has 0 aliphatic carbocycles. The van der Waals surface area contributed by atoms with Crippen molar-refractivity contribution in [2.45, 2.75) is 19.5 Å². The predicted molar refractivity (Wildman–Crippen MR) is 58.9 cm³/mol. The Hall–Kier alpha value is -2.11. The highest BCUT2D eigenvalue weighted by molar-refractivity contribution is 5.82. The van der Waals surface area contributed by atoms with Crippen LogP contribution in [-0.4, -0.2) is 23.1 Å². The molecule has 2 amide bonds. The van der Waals surface area contributed by atoms with Crippen molar-refractivity contribution in [1.82, 2.24) is 10.6 Å². The average Bonchev–Trinajstić information content (AvgIpc) is 2.28. The first-order chi connectivity index (χ1) is 7.99. The summed E-state index contributed by atoms with van der Waals surface area (Å²) in [5.74, 6) is -1.46. The Morgan fingerprint density at radius 3 is 2.47 bits per heavy atom. The third-order valence-corrected chi connectivity index (χ3v) is 2.08. The standard InChI is InChI=1S/C11H13FN2O3/c1-7(10(15)16)14-11(17)13-6-8-2-4-9(12)5-3-8/h2-5,7H,6H2,1H3,(H,15,16)(H2,13,14,17)/t7-/m1/s1. The van der Waals surface area contributed by atoms with E-state index in [9.17, 15) is 14.0 Å². The van der Waals surface area contributed by atoms with E-state index in [1.165, 1.54) is 31.2 Å². The minimum Gasteiger partial charge on any atom is -0.480 e. The SMILES string of the molecule is C[C@@H](NC(=O)NCc1ccc(F)cc1)C(=O)O. The Labute approximate surface area is 97.6 Å². The third-order valence-electron chi connectivity index (χ3n) is 2.08. The van der Waals surface area contributed by atoms with E-state index in [0.717, 1.165) is 5.56 Å². The molecule has 0 aliphatic rings. The van der Waals surface area contributed by atoms with Gasteiger partial charge in [0, 0.05) is 6.54 Å². The smallest absolute Gasteiger partial charge is 0.325 e. The number of carboxylic acid groups (broad SMARTS) is 1. The first-order valence-corrected chi connectivity index (χ1v) is 5.00. The van der Waals surface area contributed by atoms with Crippen LogP contribution in [0.1, 0.15) is 12.5 Å². The Bertz CT molecular complexity index is 406. The monoisotopic (exact) mass is 240 g/mol. The topological polar surface area (TPSA) is 78.4 Å². The summed E-state index contributed by atoms with van der Waals surface area (Å²) in [6, 6.07) is 4.11. The van der Waals surface area contributed by atoms with E-state index < -0.39 is 18.0 Å². The minimum atomic E-state index is -1.11. The van der Waals surface area contributed by atoms with Gasteiger partial charge in [-0.25, -0.2) is 9.18 Å². The van der Waals surface area contributed by atoms with Crippen molar-refractivity contribution in [2.75, 3.05) is 0 Å². The largest absolute Gasteiger partial charge is 0.480 e. The number of carbonyl (C=O) groups excluding carboxylic acids is 1. The van der Waals surface area contributed by atoms with Crippen LogP contribution in [0.25, 0.3) is 0 Å². The highest BCUT2D eigenvalue weighted by atomic mass is 19.1. The molecule has 1 aromatic carbocycles. The van der Waals surface area contributed by atoms with Gasteiger partial charge in [-0.1, -0.05) is 12.1 Å². The summed E-state index contributed by atoms with van der Waals surface area (Å²) in [5.41, 5.74) is 0.726. The van der Waals surface area contributed by atoms with E-state index in [4.69, 9.17) is 5.11 Å². The number of nitrogens with one attached hydrogen (secondary N) is 2. The van der Waals surface area contributed by atoms with Crippen LogP contribution < -0.4 is 10.6 Å². The number of carboxylic acids is 1. The number of rotatable bonds is 4.